The maximum absolute atomic E-state index is 12.0. The molecule has 2 aliphatic carbocycles. The standard InChI is InChI=1S/C14H9ClN2O.C6H4/c1-2-10-8-11(15)5-6-13(10)14(18)17-12-4-3-7-16-9-12;1-2-5-4-6(5)3-1/h1,3-9H,(H,17,18);1-4H. The lowest BCUT2D eigenvalue weighted by Crippen LogP contribution is -2.13. The van der Waals surface area contributed by atoms with E-state index < -0.39 is 0 Å². The first kappa shape index (κ1) is 15.8. The fourth-order valence-corrected chi connectivity index (χ4v) is 2.32. The lowest BCUT2D eigenvalue weighted by molar-refractivity contribution is 0.102. The molecule has 1 amide bonds. The van der Waals surface area contributed by atoms with Crippen molar-refractivity contribution in [3.63, 3.8) is 0 Å². The van der Waals surface area contributed by atoms with Gasteiger partial charge in [0.1, 0.15) is 0 Å². The molecule has 0 saturated carbocycles. The molecule has 0 aliphatic heterocycles. The molecule has 2 aliphatic rings. The Morgan fingerprint density at radius 3 is 2.42 bits per heavy atom. The van der Waals surface area contributed by atoms with Crippen molar-refractivity contribution >= 4 is 23.2 Å². The second-order valence-electron chi connectivity index (χ2n) is 5.11. The van der Waals surface area contributed by atoms with Crippen LogP contribution in [0.25, 0.3) is 11.1 Å². The lowest BCUT2D eigenvalue weighted by atomic mass is 10.1. The summed E-state index contributed by atoms with van der Waals surface area (Å²) in [5, 5.41) is 3.21. The Balaban J connectivity index is 0.000000231. The SMILES string of the molecule is C#Cc1cc(Cl)ccc1C(=O)Nc1cccnc1.c1cc2cc-2c1. The van der Waals surface area contributed by atoms with E-state index in [9.17, 15) is 4.79 Å². The molecule has 1 N–H and O–H groups in total. The summed E-state index contributed by atoms with van der Waals surface area (Å²) in [4.78, 5) is 15.9. The summed E-state index contributed by atoms with van der Waals surface area (Å²) in [5.74, 6) is 2.16. The Hall–Kier alpha value is -3.09. The van der Waals surface area contributed by atoms with Gasteiger partial charge in [-0.05, 0) is 47.5 Å². The molecule has 1 aromatic heterocycles. The minimum Gasteiger partial charge on any atom is -0.321 e. The number of anilines is 1. The summed E-state index contributed by atoms with van der Waals surface area (Å²) in [6, 6.07) is 16.8. The van der Waals surface area contributed by atoms with Gasteiger partial charge in [-0.15, -0.1) is 6.42 Å². The van der Waals surface area contributed by atoms with Crippen molar-refractivity contribution in [2.45, 2.75) is 0 Å². The van der Waals surface area contributed by atoms with Crippen molar-refractivity contribution in [2.24, 2.45) is 0 Å². The van der Waals surface area contributed by atoms with E-state index in [0.29, 0.717) is 21.8 Å². The predicted octanol–water partition coefficient (Wildman–Crippen LogP) is 4.64. The number of hydrogen-bond acceptors (Lipinski definition) is 2. The van der Waals surface area contributed by atoms with E-state index in [-0.39, 0.29) is 5.91 Å². The number of aromatic nitrogens is 1. The number of rotatable bonds is 2. The summed E-state index contributed by atoms with van der Waals surface area (Å²) in [7, 11) is 0. The van der Waals surface area contributed by atoms with Crippen LogP contribution in [-0.2, 0) is 0 Å². The number of benzene rings is 2. The van der Waals surface area contributed by atoms with Crippen molar-refractivity contribution in [3.8, 4) is 23.5 Å². The number of carbonyl (C=O) groups is 1. The van der Waals surface area contributed by atoms with E-state index in [1.54, 1.807) is 42.7 Å². The number of hydrogen-bond donors (Lipinski definition) is 1. The van der Waals surface area contributed by atoms with Crippen molar-refractivity contribution in [2.75, 3.05) is 5.32 Å². The number of carbonyl (C=O) groups excluding carboxylic acids is 1. The van der Waals surface area contributed by atoms with Crippen LogP contribution in [0.15, 0.2) is 67.0 Å². The van der Waals surface area contributed by atoms with Crippen LogP contribution in [0.4, 0.5) is 5.69 Å². The Kier molecular flexibility index (Phi) is 4.60. The van der Waals surface area contributed by atoms with Gasteiger partial charge in [0.15, 0.2) is 0 Å². The quantitative estimate of drug-likeness (QED) is 0.543. The highest BCUT2D eigenvalue weighted by molar-refractivity contribution is 6.30. The molecule has 1 heterocycles. The smallest absolute Gasteiger partial charge is 0.256 e. The first-order chi connectivity index (χ1) is 11.7. The van der Waals surface area contributed by atoms with Crippen molar-refractivity contribution < 1.29 is 4.79 Å². The summed E-state index contributed by atoms with van der Waals surface area (Å²) >= 11 is 5.82. The molecule has 0 fully saturated rings. The molecule has 1 aromatic carbocycles. The van der Waals surface area contributed by atoms with Crippen LogP contribution in [0.3, 0.4) is 0 Å². The minimum atomic E-state index is -0.285. The van der Waals surface area contributed by atoms with E-state index in [1.807, 2.05) is 0 Å². The molecular formula is C20H13ClN2O. The van der Waals surface area contributed by atoms with Crippen LogP contribution in [0.2, 0.25) is 5.02 Å². The van der Waals surface area contributed by atoms with Gasteiger partial charge in [0.05, 0.1) is 17.4 Å². The molecule has 4 heteroatoms. The summed E-state index contributed by atoms with van der Waals surface area (Å²) in [5.41, 5.74) is 4.33. The second-order valence-corrected chi connectivity index (χ2v) is 5.55. The fraction of sp³-hybridized carbons (Fsp3) is 0. The van der Waals surface area contributed by atoms with E-state index >= 15 is 0 Å². The minimum absolute atomic E-state index is 0.285. The largest absolute Gasteiger partial charge is 0.321 e. The number of fused-ring (bicyclic) bond motifs is 1. The highest BCUT2D eigenvalue weighted by Gasteiger charge is 2.11. The van der Waals surface area contributed by atoms with Gasteiger partial charge < -0.3 is 5.32 Å². The van der Waals surface area contributed by atoms with Crippen molar-refractivity contribution in [1.82, 2.24) is 4.98 Å². The monoisotopic (exact) mass is 332 g/mol. The molecule has 0 unspecified atom stereocenters. The van der Waals surface area contributed by atoms with Crippen LogP contribution in [-0.4, -0.2) is 10.9 Å². The first-order valence-corrected chi connectivity index (χ1v) is 7.63. The van der Waals surface area contributed by atoms with Gasteiger partial charge in [0.2, 0.25) is 0 Å². The normalized spacial score (nSPS) is 10.0. The van der Waals surface area contributed by atoms with Crippen LogP contribution < -0.4 is 5.32 Å². The van der Waals surface area contributed by atoms with Gasteiger partial charge in [-0.3, -0.25) is 9.78 Å². The van der Waals surface area contributed by atoms with E-state index in [2.05, 4.69) is 40.5 Å². The molecule has 0 spiro atoms. The van der Waals surface area contributed by atoms with Crippen LogP contribution in [0, 0.1) is 12.3 Å². The summed E-state index contributed by atoms with van der Waals surface area (Å²) in [6.07, 6.45) is 8.54. The highest BCUT2D eigenvalue weighted by Crippen LogP contribution is 2.32. The van der Waals surface area contributed by atoms with Crippen LogP contribution in [0.1, 0.15) is 15.9 Å². The molecular weight excluding hydrogens is 320 g/mol. The third-order valence-electron chi connectivity index (χ3n) is 3.41. The first-order valence-electron chi connectivity index (χ1n) is 7.25. The molecule has 0 saturated heterocycles. The Morgan fingerprint density at radius 2 is 1.88 bits per heavy atom. The summed E-state index contributed by atoms with van der Waals surface area (Å²) in [6.45, 7) is 0. The zero-order chi connectivity index (χ0) is 16.9. The third kappa shape index (κ3) is 3.81. The maximum atomic E-state index is 12.0. The number of halogens is 1. The van der Waals surface area contributed by atoms with Gasteiger partial charge in [-0.1, -0.05) is 35.7 Å². The summed E-state index contributed by atoms with van der Waals surface area (Å²) < 4.78 is 0. The molecule has 0 atom stereocenters. The predicted molar refractivity (Wildman–Crippen MR) is 97.0 cm³/mol. The number of nitrogens with one attached hydrogen (secondary N) is 1. The van der Waals surface area contributed by atoms with E-state index in [1.165, 1.54) is 11.1 Å². The number of pyridine rings is 1. The van der Waals surface area contributed by atoms with Gasteiger partial charge in [-0.25, -0.2) is 0 Å². The molecule has 4 rings (SSSR count). The van der Waals surface area contributed by atoms with Crippen LogP contribution >= 0.6 is 11.6 Å². The zero-order valence-corrected chi connectivity index (χ0v) is 13.4. The highest BCUT2D eigenvalue weighted by atomic mass is 35.5. The molecule has 0 radical (unpaired) electrons. The van der Waals surface area contributed by atoms with Gasteiger partial charge in [0, 0.05) is 16.8 Å². The lowest BCUT2D eigenvalue weighted by Gasteiger charge is -2.06. The van der Waals surface area contributed by atoms with Crippen molar-refractivity contribution in [3.05, 3.63) is 83.1 Å². The molecule has 116 valence electrons. The number of terminal acetylenes is 1. The molecule has 0 bridgehead atoms. The molecule has 24 heavy (non-hydrogen) atoms. The Morgan fingerprint density at radius 1 is 1.08 bits per heavy atom. The average molecular weight is 333 g/mol. The average Bonchev–Trinajstić information content (AvgIpc) is 3.21. The van der Waals surface area contributed by atoms with Gasteiger partial charge in [-0.2, -0.15) is 0 Å². The number of amides is 1. The topological polar surface area (TPSA) is 42.0 Å². The second kappa shape index (κ2) is 6.99. The maximum Gasteiger partial charge on any atom is 0.256 e. The molecule has 2 aromatic rings. The zero-order valence-electron chi connectivity index (χ0n) is 12.7. The van der Waals surface area contributed by atoms with E-state index in [4.69, 9.17) is 18.0 Å². The Labute approximate surface area is 145 Å². The molecule has 3 nitrogen and oxygen atoms in total. The van der Waals surface area contributed by atoms with Gasteiger partial charge >= 0.3 is 0 Å². The van der Waals surface area contributed by atoms with Crippen molar-refractivity contribution in [1.29, 1.82) is 0 Å². The number of nitrogens with zero attached hydrogens (tertiary/aromatic N) is 1. The fourth-order valence-electron chi connectivity index (χ4n) is 2.14. The van der Waals surface area contributed by atoms with E-state index in [0.717, 1.165) is 0 Å². The van der Waals surface area contributed by atoms with Gasteiger partial charge in [0.25, 0.3) is 5.91 Å². The van der Waals surface area contributed by atoms with Crippen LogP contribution in [0.5, 0.6) is 0 Å². The third-order valence-corrected chi connectivity index (χ3v) is 3.65. The Bertz CT molecular complexity index is 913.